The summed E-state index contributed by atoms with van der Waals surface area (Å²) in [6.45, 7) is 3.42. The van der Waals surface area contributed by atoms with Gasteiger partial charge in [-0.1, -0.05) is 23.9 Å². The Balaban J connectivity index is 1.66. The number of guanidine groups is 1. The summed E-state index contributed by atoms with van der Waals surface area (Å²) < 4.78 is 0. The van der Waals surface area contributed by atoms with Crippen molar-refractivity contribution >= 4 is 40.7 Å². The van der Waals surface area contributed by atoms with Crippen LogP contribution < -0.4 is 37.3 Å². The Bertz CT molecular complexity index is 871. The molecule has 27 heavy (non-hydrogen) atoms. The van der Waals surface area contributed by atoms with Crippen LogP contribution in [0.5, 0.6) is 0 Å². The third kappa shape index (κ3) is 4.51. The lowest BCUT2D eigenvalue weighted by atomic mass is 10.2. The van der Waals surface area contributed by atoms with E-state index >= 15 is 0 Å². The minimum absolute atomic E-state index is 0.0245. The van der Waals surface area contributed by atoms with Crippen LogP contribution in [0.4, 0.5) is 17.1 Å². The molecule has 9 heteroatoms. The van der Waals surface area contributed by atoms with E-state index in [4.69, 9.17) is 5.84 Å². The van der Waals surface area contributed by atoms with Crippen molar-refractivity contribution in [3.8, 4) is 0 Å². The van der Waals surface area contributed by atoms with Crippen LogP contribution in [0.15, 0.2) is 47.4 Å². The molecule has 3 rings (SSSR count). The lowest BCUT2D eigenvalue weighted by Gasteiger charge is -2.21. The van der Waals surface area contributed by atoms with Gasteiger partial charge >= 0.3 is 5.96 Å². The highest BCUT2D eigenvalue weighted by Gasteiger charge is 2.27. The fourth-order valence-corrected chi connectivity index (χ4v) is 3.87. The Morgan fingerprint density at radius 3 is 2.70 bits per heavy atom. The Hall–Kier alpha value is -2.75. The van der Waals surface area contributed by atoms with Crippen molar-refractivity contribution in [1.29, 1.82) is 0 Å². The lowest BCUT2D eigenvalue weighted by molar-refractivity contribution is -0.360. The second-order valence-corrected chi connectivity index (χ2v) is 7.30. The number of hydrogen-bond acceptors (Lipinski definition) is 5. The largest absolute Gasteiger partial charge is 0.382 e. The first-order chi connectivity index (χ1) is 13.0. The smallest absolute Gasteiger partial charge is 0.347 e. The molecule has 2 aromatic carbocycles. The van der Waals surface area contributed by atoms with Gasteiger partial charge in [0.2, 0.25) is 5.91 Å². The van der Waals surface area contributed by atoms with E-state index in [2.05, 4.69) is 43.6 Å². The summed E-state index contributed by atoms with van der Waals surface area (Å²) in [7, 11) is 2.03. The second-order valence-electron chi connectivity index (χ2n) is 6.17. The van der Waals surface area contributed by atoms with Crippen molar-refractivity contribution in [2.24, 2.45) is 5.84 Å². The minimum atomic E-state index is -0.0975. The van der Waals surface area contributed by atoms with E-state index in [1.165, 1.54) is 17.5 Å². The summed E-state index contributed by atoms with van der Waals surface area (Å²) in [6.07, 6.45) is 0. The third-order valence-corrected chi connectivity index (χ3v) is 5.36. The fraction of sp³-hybridized carbons (Fsp3) is 0.222. The van der Waals surface area contributed by atoms with Crippen molar-refractivity contribution in [2.75, 3.05) is 17.3 Å². The monoisotopic (exact) mass is 386 g/mol. The van der Waals surface area contributed by atoms with E-state index in [1.807, 2.05) is 44.3 Å². The number of thioether (sulfide) groups is 1. The number of carbonyl (C=O) groups excluding carboxylic acids is 1. The predicted octanol–water partition coefficient (Wildman–Crippen LogP) is 0.105. The van der Waals surface area contributed by atoms with Gasteiger partial charge in [0.15, 0.2) is 5.50 Å². The Kier molecular flexibility index (Phi) is 5.84. The van der Waals surface area contributed by atoms with Gasteiger partial charge < -0.3 is 10.2 Å². The molecule has 1 aliphatic heterocycles. The molecule has 1 heterocycles. The van der Waals surface area contributed by atoms with Gasteiger partial charge in [-0.3, -0.25) is 4.79 Å². The van der Waals surface area contributed by atoms with Gasteiger partial charge in [0.1, 0.15) is 0 Å². The number of fused-ring (bicyclic) bond motifs is 1. The van der Waals surface area contributed by atoms with Crippen LogP contribution >= 0.6 is 11.8 Å². The summed E-state index contributed by atoms with van der Waals surface area (Å²) in [4.78, 5) is 17.8. The van der Waals surface area contributed by atoms with E-state index in [1.54, 1.807) is 11.8 Å². The first kappa shape index (κ1) is 19.0. The number of para-hydroxylation sites is 1. The zero-order valence-corrected chi connectivity index (χ0v) is 16.3. The topological polar surface area (TPSA) is 108 Å². The van der Waals surface area contributed by atoms with Crippen LogP contribution in [0.1, 0.15) is 12.5 Å². The molecular formula is C18H24N7OS+. The van der Waals surface area contributed by atoms with Gasteiger partial charge in [-0.15, -0.1) is 0 Å². The first-order valence-electron chi connectivity index (χ1n) is 8.47. The van der Waals surface area contributed by atoms with Crippen LogP contribution in [0, 0.1) is 6.92 Å². The highest BCUT2D eigenvalue weighted by atomic mass is 32.2. The van der Waals surface area contributed by atoms with Crippen LogP contribution in [0.25, 0.3) is 0 Å². The summed E-state index contributed by atoms with van der Waals surface area (Å²) in [5.41, 5.74) is 12.7. The van der Waals surface area contributed by atoms with Crippen LogP contribution in [-0.2, 0) is 4.79 Å². The average Bonchev–Trinajstić information content (AvgIpc) is 2.97. The number of aryl methyl sites for hydroxylation is 1. The predicted molar refractivity (Wildman–Crippen MR) is 109 cm³/mol. The number of hydrazine groups is 2. The van der Waals surface area contributed by atoms with Gasteiger partial charge in [-0.2, -0.15) is 16.7 Å². The molecule has 0 fully saturated rings. The SMILES string of the molecule is CC(=O)Nc1ccc([NH+]=C(NN)NNC2Sc3ccccc3N2C)cc1C. The van der Waals surface area contributed by atoms with Crippen LogP contribution in [0.3, 0.4) is 0 Å². The van der Waals surface area contributed by atoms with Crippen LogP contribution in [0.2, 0.25) is 0 Å². The maximum atomic E-state index is 11.2. The Labute approximate surface area is 162 Å². The van der Waals surface area contributed by atoms with E-state index in [0.717, 1.165) is 16.9 Å². The maximum Gasteiger partial charge on any atom is 0.382 e. The lowest BCUT2D eigenvalue weighted by Crippen LogP contribution is -2.77. The quantitative estimate of drug-likeness (QED) is 0.192. The molecule has 0 saturated heterocycles. The first-order valence-corrected chi connectivity index (χ1v) is 9.35. The van der Waals surface area contributed by atoms with Crippen molar-refractivity contribution in [1.82, 2.24) is 16.3 Å². The molecule has 1 unspecified atom stereocenters. The number of rotatable bonds is 4. The number of carbonyl (C=O) groups is 1. The van der Waals surface area contributed by atoms with E-state index in [-0.39, 0.29) is 11.4 Å². The molecule has 1 aliphatic rings. The van der Waals surface area contributed by atoms with Gasteiger partial charge in [0.05, 0.1) is 11.4 Å². The zero-order valence-electron chi connectivity index (χ0n) is 15.5. The number of nitrogens with one attached hydrogen (secondary N) is 5. The zero-order chi connectivity index (χ0) is 19.4. The molecule has 8 nitrogen and oxygen atoms in total. The number of anilines is 2. The number of nitrogens with zero attached hydrogens (tertiary/aromatic N) is 1. The molecule has 0 bridgehead atoms. The Morgan fingerprint density at radius 1 is 1.26 bits per heavy atom. The second kappa shape index (κ2) is 8.30. The molecule has 0 spiro atoms. The highest BCUT2D eigenvalue weighted by Crippen LogP contribution is 2.40. The van der Waals surface area contributed by atoms with E-state index < -0.39 is 0 Å². The van der Waals surface area contributed by atoms with Crippen molar-refractivity contribution in [3.05, 3.63) is 48.0 Å². The Morgan fingerprint density at radius 2 is 2.04 bits per heavy atom. The van der Waals surface area contributed by atoms with Gasteiger partial charge in [0.25, 0.3) is 0 Å². The average molecular weight is 387 g/mol. The minimum Gasteiger partial charge on any atom is -0.347 e. The van der Waals surface area contributed by atoms with Gasteiger partial charge in [-0.05, 0) is 42.8 Å². The molecule has 0 aliphatic carbocycles. The number of hydrogen-bond donors (Lipinski definition) is 6. The van der Waals surface area contributed by atoms with Gasteiger partial charge in [-0.25, -0.2) is 10.4 Å². The normalized spacial score (nSPS) is 16.1. The molecule has 7 N–H and O–H groups in total. The highest BCUT2D eigenvalue weighted by molar-refractivity contribution is 8.00. The molecule has 1 amide bonds. The molecule has 2 aromatic rings. The molecular weight excluding hydrogens is 362 g/mol. The molecule has 1 atom stereocenters. The molecule has 0 saturated carbocycles. The number of benzene rings is 2. The third-order valence-electron chi connectivity index (χ3n) is 4.11. The van der Waals surface area contributed by atoms with Crippen molar-refractivity contribution < 1.29 is 9.79 Å². The maximum absolute atomic E-state index is 11.2. The summed E-state index contributed by atoms with van der Waals surface area (Å²) >= 11 is 1.72. The van der Waals surface area contributed by atoms with Crippen LogP contribution in [-0.4, -0.2) is 24.4 Å². The number of amides is 1. The van der Waals surface area contributed by atoms with Crippen molar-refractivity contribution in [3.63, 3.8) is 0 Å². The molecule has 142 valence electrons. The molecule has 0 aromatic heterocycles. The number of nitrogens with two attached hydrogens (primary N) is 1. The van der Waals surface area contributed by atoms with E-state index in [9.17, 15) is 4.79 Å². The molecule has 0 radical (unpaired) electrons. The standard InChI is InChI=1S/C18H23N7OS/c1-11-10-13(8-9-14(11)20-12(2)26)21-17(22-19)23-24-18-25(3)15-6-4-5-7-16(15)27-18/h4-10,18,24H,19H2,1-3H3,(H,20,26)(H2,21,22,23)/p+1. The fourth-order valence-electron chi connectivity index (χ4n) is 2.75. The summed E-state index contributed by atoms with van der Waals surface area (Å²) in [5.74, 6) is 6.04. The summed E-state index contributed by atoms with van der Waals surface area (Å²) in [6, 6.07) is 13.9. The van der Waals surface area contributed by atoms with Crippen molar-refractivity contribution in [2.45, 2.75) is 24.2 Å². The summed E-state index contributed by atoms with van der Waals surface area (Å²) in [5, 5.41) is 2.79. The van der Waals surface area contributed by atoms with E-state index in [0.29, 0.717) is 5.96 Å². The van der Waals surface area contributed by atoms with Gasteiger partial charge in [0, 0.05) is 24.6 Å².